The van der Waals surface area contributed by atoms with Crippen molar-refractivity contribution in [3.05, 3.63) is 93.2 Å². The second-order valence-electron chi connectivity index (χ2n) is 7.04. The van der Waals surface area contributed by atoms with Crippen LogP contribution in [-0.4, -0.2) is 19.6 Å². The average Bonchev–Trinajstić information content (AvgIpc) is 2.80. The van der Waals surface area contributed by atoms with Crippen LogP contribution >= 0.6 is 47.6 Å². The maximum absolute atomic E-state index is 6.06. The Labute approximate surface area is 211 Å². The molecule has 3 N–H and O–H groups in total. The van der Waals surface area contributed by atoms with E-state index >= 15 is 0 Å². The summed E-state index contributed by atoms with van der Waals surface area (Å²) in [5, 5.41) is 4.71. The van der Waals surface area contributed by atoms with Gasteiger partial charge in [-0.05, 0) is 92.0 Å². The average molecular weight is 513 g/mol. The Kier molecular flexibility index (Phi) is 7.20. The van der Waals surface area contributed by atoms with Crippen molar-refractivity contribution in [2.24, 2.45) is 0 Å². The summed E-state index contributed by atoms with van der Waals surface area (Å²) in [6, 6.07) is 22.3. The molecular weight excluding hydrogens is 495 g/mol. The molecule has 1 heterocycles. The Morgan fingerprint density at radius 1 is 0.848 bits per heavy atom. The Hall–Kier alpha value is -3.04. The summed E-state index contributed by atoms with van der Waals surface area (Å²) in [4.78, 5) is 9.18. The van der Waals surface area contributed by atoms with Gasteiger partial charge in [-0.15, -0.1) is 0 Å². The molecule has 6 nitrogen and oxygen atoms in total. The van der Waals surface area contributed by atoms with E-state index < -0.39 is 0 Å². The van der Waals surface area contributed by atoms with E-state index in [0.29, 0.717) is 31.7 Å². The van der Waals surface area contributed by atoms with E-state index in [4.69, 9.17) is 47.6 Å². The number of aromatic nitrogens is 3. The van der Waals surface area contributed by atoms with Crippen LogP contribution in [0, 0.1) is 11.7 Å². The summed E-state index contributed by atoms with van der Waals surface area (Å²) in [5.41, 5.74) is 9.56. The summed E-state index contributed by atoms with van der Waals surface area (Å²) < 4.78 is 1.99. The second kappa shape index (κ2) is 10.3. The number of aryl methyl sites for hydroxylation is 1. The topological polar surface area (TPSA) is 66.8 Å². The molecule has 0 bridgehead atoms. The number of rotatable bonds is 5. The molecule has 166 valence electrons. The number of benzene rings is 3. The number of hydrogen-bond acceptors (Lipinski definition) is 5. The lowest BCUT2D eigenvalue weighted by Gasteiger charge is -2.17. The zero-order chi connectivity index (χ0) is 23.4. The summed E-state index contributed by atoms with van der Waals surface area (Å²) >= 11 is 23.1. The van der Waals surface area contributed by atoms with Crippen LogP contribution in [0.25, 0.3) is 17.1 Å². The van der Waals surface area contributed by atoms with Gasteiger partial charge in [0.15, 0.2) is 10.9 Å². The van der Waals surface area contributed by atoms with Crippen LogP contribution in [0.3, 0.4) is 0 Å². The Bertz CT molecular complexity index is 1340. The highest BCUT2D eigenvalue weighted by molar-refractivity contribution is 7.80. The van der Waals surface area contributed by atoms with Gasteiger partial charge in [-0.25, -0.2) is 0 Å². The Balaban J connectivity index is 1.66. The number of thiocarbonyl (C=S) groups is 1. The molecule has 0 spiro atoms. The van der Waals surface area contributed by atoms with E-state index in [2.05, 4.69) is 26.1 Å². The molecule has 0 aliphatic heterocycles. The van der Waals surface area contributed by atoms with Gasteiger partial charge in [-0.2, -0.15) is 9.97 Å². The van der Waals surface area contributed by atoms with Gasteiger partial charge in [0, 0.05) is 21.3 Å². The van der Waals surface area contributed by atoms with Crippen LogP contribution in [0.15, 0.2) is 72.8 Å². The smallest absolute Gasteiger partial charge is 0.230 e. The van der Waals surface area contributed by atoms with Crippen LogP contribution < -0.4 is 16.2 Å². The zero-order valence-electron chi connectivity index (χ0n) is 17.3. The van der Waals surface area contributed by atoms with E-state index in [-0.39, 0.29) is 0 Å². The fraction of sp³-hybridized carbons (Fsp3) is 0.0435. The minimum absolute atomic E-state index is 0.305. The van der Waals surface area contributed by atoms with Crippen LogP contribution in [0.5, 0.6) is 0 Å². The summed E-state index contributed by atoms with van der Waals surface area (Å²) in [6.07, 6.45) is 0. The lowest BCUT2D eigenvalue weighted by Crippen LogP contribution is -2.35. The van der Waals surface area contributed by atoms with Crippen molar-refractivity contribution in [1.29, 1.82) is 0 Å². The number of hydrogen-bond donors (Lipinski definition) is 3. The number of halogens is 2. The molecule has 0 aliphatic carbocycles. The second-order valence-corrected chi connectivity index (χ2v) is 8.69. The van der Waals surface area contributed by atoms with Crippen molar-refractivity contribution in [2.45, 2.75) is 6.92 Å². The third-order valence-electron chi connectivity index (χ3n) is 4.60. The van der Waals surface area contributed by atoms with Crippen molar-refractivity contribution in [2.75, 3.05) is 10.7 Å². The van der Waals surface area contributed by atoms with E-state index in [9.17, 15) is 0 Å². The largest absolute Gasteiger partial charge is 0.331 e. The number of nitrogens with one attached hydrogen (secondary N) is 3. The van der Waals surface area contributed by atoms with Gasteiger partial charge < -0.3 is 5.32 Å². The third-order valence-corrected chi connectivity index (χ3v) is 5.58. The minimum Gasteiger partial charge on any atom is -0.331 e. The van der Waals surface area contributed by atoms with Crippen LogP contribution in [0.1, 0.15) is 5.56 Å². The minimum atomic E-state index is 0.305. The van der Waals surface area contributed by atoms with Crippen molar-refractivity contribution in [3.8, 4) is 17.1 Å². The summed E-state index contributed by atoms with van der Waals surface area (Å²) in [5.74, 6) is 0.846. The fourth-order valence-corrected chi connectivity index (χ4v) is 3.65. The first kappa shape index (κ1) is 23.1. The molecule has 0 unspecified atom stereocenters. The molecule has 0 aliphatic rings. The highest BCUT2D eigenvalue weighted by Crippen LogP contribution is 2.23. The Morgan fingerprint density at radius 2 is 1.45 bits per heavy atom. The quantitative estimate of drug-likeness (QED) is 0.205. The Morgan fingerprint density at radius 3 is 2.09 bits per heavy atom. The van der Waals surface area contributed by atoms with Gasteiger partial charge in [0.2, 0.25) is 10.7 Å². The van der Waals surface area contributed by atoms with Crippen molar-refractivity contribution in [1.82, 2.24) is 20.0 Å². The first-order chi connectivity index (χ1) is 15.9. The van der Waals surface area contributed by atoms with Crippen molar-refractivity contribution in [3.63, 3.8) is 0 Å². The fourth-order valence-electron chi connectivity index (χ4n) is 2.95. The van der Waals surface area contributed by atoms with E-state index in [1.165, 1.54) is 0 Å². The van der Waals surface area contributed by atoms with Crippen LogP contribution in [0.2, 0.25) is 10.0 Å². The molecule has 3 aromatic carbocycles. The summed E-state index contributed by atoms with van der Waals surface area (Å²) in [6.45, 7) is 2.02. The third kappa shape index (κ3) is 5.85. The zero-order valence-corrected chi connectivity index (χ0v) is 20.5. The molecule has 0 saturated carbocycles. The van der Waals surface area contributed by atoms with Crippen molar-refractivity contribution >= 4 is 64.4 Å². The molecule has 0 amide bonds. The first-order valence-corrected chi connectivity index (χ1v) is 11.4. The van der Waals surface area contributed by atoms with Gasteiger partial charge in [0.05, 0.1) is 5.69 Å². The molecule has 0 atom stereocenters. The predicted octanol–water partition coefficient (Wildman–Crippen LogP) is 6.59. The van der Waals surface area contributed by atoms with E-state index in [1.807, 2.05) is 55.5 Å². The maximum atomic E-state index is 6.06. The molecule has 33 heavy (non-hydrogen) atoms. The van der Waals surface area contributed by atoms with Gasteiger partial charge >= 0.3 is 0 Å². The molecule has 1 aromatic heterocycles. The van der Waals surface area contributed by atoms with E-state index in [1.54, 1.807) is 28.8 Å². The van der Waals surface area contributed by atoms with Gasteiger partial charge in [-0.1, -0.05) is 40.9 Å². The first-order valence-electron chi connectivity index (χ1n) is 9.82. The lowest BCUT2D eigenvalue weighted by atomic mass is 10.2. The molecule has 4 rings (SSSR count). The molecule has 0 fully saturated rings. The lowest BCUT2D eigenvalue weighted by molar-refractivity contribution is 0.881. The molecule has 0 radical (unpaired) electrons. The highest BCUT2D eigenvalue weighted by atomic mass is 35.5. The SMILES string of the molecule is Cc1ccc(NC(=S)NNc2nc(-c3ccc(Cl)cc3)nc(=S)n2-c2ccc(Cl)cc2)cc1. The van der Waals surface area contributed by atoms with Crippen LogP contribution in [0.4, 0.5) is 11.6 Å². The summed E-state index contributed by atoms with van der Waals surface area (Å²) in [7, 11) is 0. The van der Waals surface area contributed by atoms with E-state index in [0.717, 1.165) is 22.5 Å². The van der Waals surface area contributed by atoms with Gasteiger partial charge in [0.1, 0.15) is 0 Å². The maximum Gasteiger partial charge on any atom is 0.230 e. The normalized spacial score (nSPS) is 10.5. The molecule has 4 aromatic rings. The number of anilines is 2. The number of hydrazine groups is 1. The monoisotopic (exact) mass is 512 g/mol. The van der Waals surface area contributed by atoms with Gasteiger partial charge in [0.25, 0.3) is 0 Å². The molecule has 10 heteroatoms. The molecular formula is C23H18Cl2N6S2. The molecule has 0 saturated heterocycles. The number of nitrogens with zero attached hydrogens (tertiary/aromatic N) is 3. The highest BCUT2D eigenvalue weighted by Gasteiger charge is 2.12. The van der Waals surface area contributed by atoms with Gasteiger partial charge in [-0.3, -0.25) is 15.4 Å². The standard InChI is InChI=1S/C23H18Cl2N6S2/c1-14-2-10-18(11-3-14)26-22(32)30-29-21-27-20(15-4-6-16(24)7-5-15)28-23(33)31(21)19-12-8-17(25)9-13-19/h2-13H,1H3,(H2,26,30,32)(H,27,28,29,33). The predicted molar refractivity (Wildman–Crippen MR) is 142 cm³/mol. The van der Waals surface area contributed by atoms with Crippen LogP contribution in [-0.2, 0) is 0 Å². The van der Waals surface area contributed by atoms with Crippen molar-refractivity contribution < 1.29 is 0 Å².